The topological polar surface area (TPSA) is 84.8 Å². The number of nitrogens with two attached hydrogens (primary N) is 1. The maximum absolute atomic E-state index is 13.5. The zero-order chi connectivity index (χ0) is 19.3. The van der Waals surface area contributed by atoms with Gasteiger partial charge in [0.2, 0.25) is 5.95 Å². The van der Waals surface area contributed by atoms with Crippen LogP contribution in [-0.4, -0.2) is 69.9 Å². The van der Waals surface area contributed by atoms with Gasteiger partial charge in [-0.1, -0.05) is 12.1 Å². The Bertz CT molecular complexity index is 1020. The van der Waals surface area contributed by atoms with E-state index in [0.717, 1.165) is 38.4 Å². The minimum atomic E-state index is -0.327. The molecule has 3 aromatic rings. The van der Waals surface area contributed by atoms with Crippen molar-refractivity contribution in [2.75, 3.05) is 43.9 Å². The van der Waals surface area contributed by atoms with E-state index in [4.69, 9.17) is 10.5 Å². The Balaban J connectivity index is 1.45. The number of fused-ring (bicyclic) bond motifs is 2. The summed E-state index contributed by atoms with van der Waals surface area (Å²) in [6, 6.07) is 8.56. The van der Waals surface area contributed by atoms with Gasteiger partial charge in [-0.3, -0.25) is 4.90 Å². The van der Waals surface area contributed by atoms with Crippen molar-refractivity contribution in [3.05, 3.63) is 36.1 Å². The van der Waals surface area contributed by atoms with Gasteiger partial charge in [-0.15, -0.1) is 5.10 Å². The van der Waals surface area contributed by atoms with Crippen molar-refractivity contribution in [3.63, 3.8) is 0 Å². The molecule has 0 radical (unpaired) electrons. The Morgan fingerprint density at radius 2 is 2.07 bits per heavy atom. The van der Waals surface area contributed by atoms with Gasteiger partial charge < -0.3 is 15.4 Å². The lowest BCUT2D eigenvalue weighted by molar-refractivity contribution is 0.108. The summed E-state index contributed by atoms with van der Waals surface area (Å²) in [7, 11) is 1.78. The number of piperazine rings is 1. The molecule has 2 aromatic heterocycles. The van der Waals surface area contributed by atoms with Crippen molar-refractivity contribution >= 4 is 17.4 Å². The van der Waals surface area contributed by atoms with Crippen molar-refractivity contribution in [1.82, 2.24) is 24.5 Å². The summed E-state index contributed by atoms with van der Waals surface area (Å²) >= 11 is 0. The number of hydrogen-bond acceptors (Lipinski definition) is 7. The van der Waals surface area contributed by atoms with E-state index in [9.17, 15) is 4.39 Å². The highest BCUT2D eigenvalue weighted by atomic mass is 19.1. The Morgan fingerprint density at radius 1 is 1.18 bits per heavy atom. The SMILES string of the molecule is CO[C@@H]1C[C@H]2CN(c3cc4nc(-c5cccc(F)c5)nn4c(N)n3)CCN2C1. The molecule has 8 nitrogen and oxygen atoms in total. The van der Waals surface area contributed by atoms with Gasteiger partial charge in [0.05, 0.1) is 6.10 Å². The molecule has 4 heterocycles. The average Bonchev–Trinajstić information content (AvgIpc) is 3.31. The van der Waals surface area contributed by atoms with Crippen LogP contribution in [0.15, 0.2) is 30.3 Å². The van der Waals surface area contributed by atoms with Crippen LogP contribution >= 0.6 is 0 Å². The van der Waals surface area contributed by atoms with Gasteiger partial charge in [0.1, 0.15) is 11.6 Å². The maximum atomic E-state index is 13.5. The van der Waals surface area contributed by atoms with Crippen LogP contribution in [0.2, 0.25) is 0 Å². The monoisotopic (exact) mass is 383 g/mol. The lowest BCUT2D eigenvalue weighted by atomic mass is 10.1. The lowest BCUT2D eigenvalue weighted by Crippen LogP contribution is -2.50. The number of methoxy groups -OCH3 is 1. The molecule has 0 saturated carbocycles. The number of anilines is 2. The number of halogens is 1. The number of hydrogen-bond donors (Lipinski definition) is 1. The number of ether oxygens (including phenoxy) is 1. The Hall–Kier alpha value is -2.78. The molecule has 2 N–H and O–H groups in total. The molecule has 2 aliphatic heterocycles. The molecule has 2 saturated heterocycles. The number of benzene rings is 1. The molecule has 2 fully saturated rings. The summed E-state index contributed by atoms with van der Waals surface area (Å²) < 4.78 is 20.6. The van der Waals surface area contributed by atoms with Crippen molar-refractivity contribution < 1.29 is 9.13 Å². The molecule has 0 unspecified atom stereocenters. The minimum Gasteiger partial charge on any atom is -0.380 e. The number of rotatable bonds is 3. The van der Waals surface area contributed by atoms with Crippen molar-refractivity contribution in [2.24, 2.45) is 0 Å². The Morgan fingerprint density at radius 3 is 2.89 bits per heavy atom. The van der Waals surface area contributed by atoms with Crippen LogP contribution in [0.3, 0.4) is 0 Å². The second-order valence-electron chi connectivity index (χ2n) is 7.38. The maximum Gasteiger partial charge on any atom is 0.225 e. The summed E-state index contributed by atoms with van der Waals surface area (Å²) in [6.07, 6.45) is 1.33. The number of aromatic nitrogens is 4. The molecule has 5 rings (SSSR count). The van der Waals surface area contributed by atoms with E-state index in [1.54, 1.807) is 19.2 Å². The van der Waals surface area contributed by atoms with E-state index < -0.39 is 0 Å². The first-order chi connectivity index (χ1) is 13.6. The van der Waals surface area contributed by atoms with Gasteiger partial charge in [-0.2, -0.15) is 9.50 Å². The van der Waals surface area contributed by atoms with Crippen molar-refractivity contribution in [3.8, 4) is 11.4 Å². The molecular formula is C19H22FN7O. The molecule has 0 spiro atoms. The Kier molecular flexibility index (Phi) is 4.13. The van der Waals surface area contributed by atoms with Crippen molar-refractivity contribution in [2.45, 2.75) is 18.6 Å². The summed E-state index contributed by atoms with van der Waals surface area (Å²) in [5, 5.41) is 4.39. The molecule has 0 bridgehead atoms. The van der Waals surface area contributed by atoms with Gasteiger partial charge in [0.15, 0.2) is 11.5 Å². The first-order valence-corrected chi connectivity index (χ1v) is 9.42. The summed E-state index contributed by atoms with van der Waals surface area (Å²) in [4.78, 5) is 13.8. The van der Waals surface area contributed by atoms with Crippen LogP contribution in [0.25, 0.3) is 17.0 Å². The fourth-order valence-corrected chi connectivity index (χ4v) is 4.19. The smallest absolute Gasteiger partial charge is 0.225 e. The highest BCUT2D eigenvalue weighted by Gasteiger charge is 2.36. The number of nitrogen functional groups attached to an aromatic ring is 1. The average molecular weight is 383 g/mol. The lowest BCUT2D eigenvalue weighted by Gasteiger charge is -2.37. The highest BCUT2D eigenvalue weighted by molar-refractivity contribution is 5.62. The van der Waals surface area contributed by atoms with E-state index in [2.05, 4.69) is 24.9 Å². The largest absolute Gasteiger partial charge is 0.380 e. The first-order valence-electron chi connectivity index (χ1n) is 9.42. The molecule has 146 valence electrons. The summed E-state index contributed by atoms with van der Waals surface area (Å²) in [6.45, 7) is 3.72. The standard InChI is InChI=1S/C19H22FN7O/c1-28-15-8-14-10-26(6-5-25(14)11-15)16-9-17-22-18(24-27(17)19(21)23-16)12-3-2-4-13(20)7-12/h2-4,7,9,14-15H,5-6,8,10-11H2,1H3,(H2,21,23)/t14-,15+/m0/s1. The molecule has 0 amide bonds. The Labute approximate surface area is 161 Å². The molecule has 0 aliphatic carbocycles. The third-order valence-corrected chi connectivity index (χ3v) is 5.65. The van der Waals surface area contributed by atoms with Crippen molar-refractivity contribution in [1.29, 1.82) is 0 Å². The second-order valence-corrected chi connectivity index (χ2v) is 7.38. The minimum absolute atomic E-state index is 0.270. The molecular weight excluding hydrogens is 361 g/mol. The van der Waals surface area contributed by atoms with E-state index in [0.29, 0.717) is 29.2 Å². The van der Waals surface area contributed by atoms with Crippen LogP contribution in [0.5, 0.6) is 0 Å². The molecule has 2 aliphatic rings. The van der Waals surface area contributed by atoms with Gasteiger partial charge in [-0.25, -0.2) is 9.37 Å². The molecule has 1 aromatic carbocycles. The zero-order valence-corrected chi connectivity index (χ0v) is 15.6. The van der Waals surface area contributed by atoms with E-state index in [1.165, 1.54) is 16.6 Å². The fourth-order valence-electron chi connectivity index (χ4n) is 4.19. The molecule has 28 heavy (non-hydrogen) atoms. The van der Waals surface area contributed by atoms with Gasteiger partial charge >= 0.3 is 0 Å². The van der Waals surface area contributed by atoms with Crippen LogP contribution in [0.4, 0.5) is 16.2 Å². The summed E-state index contributed by atoms with van der Waals surface area (Å²) in [5.74, 6) is 1.16. The normalized spacial score (nSPS) is 22.7. The van der Waals surface area contributed by atoms with Crippen LogP contribution in [-0.2, 0) is 4.74 Å². The predicted molar refractivity (Wildman–Crippen MR) is 104 cm³/mol. The highest BCUT2D eigenvalue weighted by Crippen LogP contribution is 2.27. The van der Waals surface area contributed by atoms with E-state index in [1.807, 2.05) is 6.07 Å². The second kappa shape index (κ2) is 6.68. The number of nitrogens with zero attached hydrogens (tertiary/aromatic N) is 6. The molecule has 9 heteroatoms. The van der Waals surface area contributed by atoms with Gasteiger partial charge in [0.25, 0.3) is 0 Å². The van der Waals surface area contributed by atoms with E-state index in [-0.39, 0.29) is 11.8 Å². The van der Waals surface area contributed by atoms with Crippen LogP contribution < -0.4 is 10.6 Å². The molecule has 2 atom stereocenters. The van der Waals surface area contributed by atoms with Crippen LogP contribution in [0, 0.1) is 5.82 Å². The first kappa shape index (κ1) is 17.3. The van der Waals surface area contributed by atoms with E-state index >= 15 is 0 Å². The predicted octanol–water partition coefficient (Wildman–Crippen LogP) is 1.42. The zero-order valence-electron chi connectivity index (χ0n) is 15.6. The quantitative estimate of drug-likeness (QED) is 0.732. The van der Waals surface area contributed by atoms with Gasteiger partial charge in [-0.05, 0) is 18.6 Å². The third kappa shape index (κ3) is 2.96. The fraction of sp³-hybridized carbons (Fsp3) is 0.421. The third-order valence-electron chi connectivity index (χ3n) is 5.65. The van der Waals surface area contributed by atoms with Crippen LogP contribution in [0.1, 0.15) is 6.42 Å². The summed E-state index contributed by atoms with van der Waals surface area (Å²) in [5.41, 5.74) is 7.36. The van der Waals surface area contributed by atoms with Gasteiger partial charge in [0, 0.05) is 51.0 Å².